The summed E-state index contributed by atoms with van der Waals surface area (Å²) in [4.78, 5) is 37.8. The number of hydrogen-bond acceptors (Lipinski definition) is 6. The Kier molecular flexibility index (Phi) is 6.06. The van der Waals surface area contributed by atoms with Crippen molar-refractivity contribution in [3.63, 3.8) is 0 Å². The Morgan fingerprint density at radius 3 is 2.27 bits per heavy atom. The van der Waals surface area contributed by atoms with Crippen molar-refractivity contribution in [3.05, 3.63) is 65.2 Å². The molecule has 156 valence electrons. The van der Waals surface area contributed by atoms with E-state index in [1.165, 1.54) is 14.2 Å². The average molecular weight is 411 g/mol. The molecule has 30 heavy (non-hydrogen) atoms. The molecule has 3 rings (SSSR count). The molecule has 8 nitrogen and oxygen atoms in total. The topological polar surface area (TPSA) is 113 Å². The number of rotatable bonds is 7. The van der Waals surface area contributed by atoms with E-state index in [2.05, 4.69) is 0 Å². The number of aliphatic hydroxyl groups excluding tert-OH is 1. The lowest BCUT2D eigenvalue weighted by Crippen LogP contribution is -2.31. The number of ketones is 1. The quantitative estimate of drug-likeness (QED) is 0.409. The van der Waals surface area contributed by atoms with Gasteiger partial charge < -0.3 is 24.6 Å². The minimum Gasteiger partial charge on any atom is -0.507 e. The van der Waals surface area contributed by atoms with Gasteiger partial charge in [-0.05, 0) is 17.7 Å². The zero-order valence-corrected chi connectivity index (χ0v) is 16.5. The van der Waals surface area contributed by atoms with Gasteiger partial charge >= 0.3 is 5.97 Å². The first kappa shape index (κ1) is 20.9. The molecular weight excluding hydrogens is 390 g/mol. The van der Waals surface area contributed by atoms with E-state index in [1.807, 2.05) is 0 Å². The lowest BCUT2D eigenvalue weighted by molar-refractivity contribution is -0.142. The van der Waals surface area contributed by atoms with Gasteiger partial charge in [0.2, 0.25) is 0 Å². The highest BCUT2D eigenvalue weighted by Gasteiger charge is 2.46. The van der Waals surface area contributed by atoms with E-state index < -0.39 is 23.7 Å². The third-order valence-electron chi connectivity index (χ3n) is 4.88. The number of nitrogens with zero attached hydrogens (tertiary/aromatic N) is 1. The number of carboxylic acids is 1. The van der Waals surface area contributed by atoms with Crippen LogP contribution in [0, 0.1) is 0 Å². The average Bonchev–Trinajstić information content (AvgIpc) is 3.01. The summed E-state index contributed by atoms with van der Waals surface area (Å²) in [6, 6.07) is 12.3. The predicted molar refractivity (Wildman–Crippen MR) is 107 cm³/mol. The number of likely N-dealkylation sites (tertiary alicyclic amines) is 1. The number of methoxy groups -OCH3 is 2. The van der Waals surface area contributed by atoms with E-state index in [-0.39, 0.29) is 24.3 Å². The molecule has 0 spiro atoms. The van der Waals surface area contributed by atoms with Crippen molar-refractivity contribution in [2.45, 2.75) is 12.5 Å². The van der Waals surface area contributed by atoms with E-state index >= 15 is 0 Å². The molecule has 0 radical (unpaired) electrons. The van der Waals surface area contributed by atoms with Gasteiger partial charge in [0, 0.05) is 12.1 Å². The van der Waals surface area contributed by atoms with Crippen LogP contribution < -0.4 is 9.47 Å². The Morgan fingerprint density at radius 2 is 1.67 bits per heavy atom. The molecule has 0 bridgehead atoms. The van der Waals surface area contributed by atoms with Crippen LogP contribution in [0.5, 0.6) is 11.5 Å². The fourth-order valence-electron chi connectivity index (χ4n) is 3.45. The number of ether oxygens (including phenoxy) is 2. The van der Waals surface area contributed by atoms with Gasteiger partial charge in [-0.15, -0.1) is 0 Å². The maximum atomic E-state index is 12.8. The molecule has 2 N–H and O–H groups in total. The minimum absolute atomic E-state index is 0.108. The molecule has 1 saturated heterocycles. The first-order chi connectivity index (χ1) is 14.4. The van der Waals surface area contributed by atoms with Gasteiger partial charge in [0.1, 0.15) is 5.76 Å². The second kappa shape index (κ2) is 8.69. The van der Waals surface area contributed by atoms with E-state index in [9.17, 15) is 19.5 Å². The summed E-state index contributed by atoms with van der Waals surface area (Å²) < 4.78 is 10.6. The molecular formula is C22H21NO7. The van der Waals surface area contributed by atoms with Crippen molar-refractivity contribution < 1.29 is 34.1 Å². The fourth-order valence-corrected chi connectivity index (χ4v) is 3.45. The van der Waals surface area contributed by atoms with Crippen LogP contribution in [0.25, 0.3) is 5.76 Å². The van der Waals surface area contributed by atoms with Gasteiger partial charge in [-0.3, -0.25) is 14.4 Å². The van der Waals surface area contributed by atoms with Gasteiger partial charge in [-0.1, -0.05) is 36.4 Å². The lowest BCUT2D eigenvalue weighted by atomic mass is 9.95. The van der Waals surface area contributed by atoms with E-state index in [1.54, 1.807) is 48.5 Å². The monoisotopic (exact) mass is 411 g/mol. The highest BCUT2D eigenvalue weighted by atomic mass is 16.5. The number of Topliss-reactive ketones (excluding diaryl/α,β-unsaturated/α-hetero) is 1. The van der Waals surface area contributed by atoms with Crippen molar-refractivity contribution in [1.82, 2.24) is 4.90 Å². The molecule has 1 fully saturated rings. The van der Waals surface area contributed by atoms with Crippen LogP contribution in [0.2, 0.25) is 0 Å². The van der Waals surface area contributed by atoms with Crippen LogP contribution >= 0.6 is 0 Å². The zero-order chi connectivity index (χ0) is 21.8. The van der Waals surface area contributed by atoms with Gasteiger partial charge in [-0.2, -0.15) is 0 Å². The lowest BCUT2D eigenvalue weighted by Gasteiger charge is -2.25. The molecule has 0 aromatic heterocycles. The number of aliphatic hydroxyl groups is 1. The Morgan fingerprint density at radius 1 is 1.00 bits per heavy atom. The van der Waals surface area contributed by atoms with E-state index in [4.69, 9.17) is 14.6 Å². The molecule has 0 unspecified atom stereocenters. The Labute approximate surface area is 173 Å². The Hall–Kier alpha value is -3.81. The molecule has 1 atom stereocenters. The number of carboxylic acid groups (broad SMARTS) is 1. The number of carbonyl (C=O) groups is 3. The highest BCUT2D eigenvalue weighted by Crippen LogP contribution is 2.41. The Balaban J connectivity index is 2.18. The predicted octanol–water partition coefficient (Wildman–Crippen LogP) is 2.60. The van der Waals surface area contributed by atoms with Crippen LogP contribution in [0.15, 0.2) is 54.1 Å². The molecule has 1 heterocycles. The third-order valence-corrected chi connectivity index (χ3v) is 4.88. The number of benzene rings is 2. The van der Waals surface area contributed by atoms with Crippen LogP contribution in [-0.2, 0) is 14.4 Å². The fraction of sp³-hybridized carbons (Fsp3) is 0.227. The molecule has 8 heteroatoms. The van der Waals surface area contributed by atoms with Crippen LogP contribution in [0.3, 0.4) is 0 Å². The third kappa shape index (κ3) is 3.84. The summed E-state index contributed by atoms with van der Waals surface area (Å²) in [7, 11) is 2.93. The van der Waals surface area contributed by atoms with Crippen molar-refractivity contribution >= 4 is 23.4 Å². The summed E-state index contributed by atoms with van der Waals surface area (Å²) in [6.45, 7) is -0.190. The SMILES string of the molecule is COc1ccc([C@H]2/C(=C(\O)c3ccccc3)C(=O)C(=O)N2CCC(=O)O)cc1OC. The number of aliphatic carboxylic acids is 1. The maximum absolute atomic E-state index is 12.8. The second-order valence-corrected chi connectivity index (χ2v) is 6.62. The normalized spacial score (nSPS) is 17.8. The molecule has 0 saturated carbocycles. The zero-order valence-electron chi connectivity index (χ0n) is 16.5. The molecule has 0 aliphatic carbocycles. The second-order valence-electron chi connectivity index (χ2n) is 6.62. The highest BCUT2D eigenvalue weighted by molar-refractivity contribution is 6.46. The summed E-state index contributed by atoms with van der Waals surface area (Å²) >= 11 is 0. The molecule has 2 aromatic carbocycles. The summed E-state index contributed by atoms with van der Waals surface area (Å²) in [5.41, 5.74) is 0.748. The van der Waals surface area contributed by atoms with Crippen molar-refractivity contribution in [2.24, 2.45) is 0 Å². The van der Waals surface area contributed by atoms with E-state index in [0.29, 0.717) is 22.6 Å². The summed E-state index contributed by atoms with van der Waals surface area (Å²) in [5.74, 6) is -2.35. The maximum Gasteiger partial charge on any atom is 0.305 e. The van der Waals surface area contributed by atoms with Crippen molar-refractivity contribution in [2.75, 3.05) is 20.8 Å². The number of carbonyl (C=O) groups excluding carboxylic acids is 2. The van der Waals surface area contributed by atoms with Gasteiger partial charge in [-0.25, -0.2) is 0 Å². The number of amides is 1. The number of hydrogen-bond donors (Lipinski definition) is 2. The largest absolute Gasteiger partial charge is 0.507 e. The van der Waals surface area contributed by atoms with Crippen LogP contribution in [-0.4, -0.2) is 53.5 Å². The summed E-state index contributed by atoms with van der Waals surface area (Å²) in [5, 5.41) is 19.9. The molecule has 1 amide bonds. The first-order valence-electron chi connectivity index (χ1n) is 9.16. The van der Waals surface area contributed by atoms with Crippen LogP contribution in [0.4, 0.5) is 0 Å². The standard InChI is InChI=1S/C22H21NO7/c1-29-15-9-8-14(12-16(15)30-2)19-18(20(26)13-6-4-3-5-7-13)21(27)22(28)23(19)11-10-17(24)25/h3-9,12,19,26H,10-11H2,1-2H3,(H,24,25)/b20-18+/t19-/m0/s1. The smallest absolute Gasteiger partial charge is 0.305 e. The Bertz CT molecular complexity index is 1010. The minimum atomic E-state index is -1.11. The molecule has 1 aliphatic heterocycles. The van der Waals surface area contributed by atoms with E-state index in [0.717, 1.165) is 4.90 Å². The van der Waals surface area contributed by atoms with Crippen LogP contribution in [0.1, 0.15) is 23.6 Å². The summed E-state index contributed by atoms with van der Waals surface area (Å²) in [6.07, 6.45) is -0.345. The van der Waals surface area contributed by atoms with Gasteiger partial charge in [0.05, 0.1) is 32.3 Å². The molecule has 2 aromatic rings. The van der Waals surface area contributed by atoms with Gasteiger partial charge in [0.25, 0.3) is 11.7 Å². The van der Waals surface area contributed by atoms with Gasteiger partial charge in [0.15, 0.2) is 11.5 Å². The molecule has 1 aliphatic rings. The van der Waals surface area contributed by atoms with Crippen molar-refractivity contribution in [1.29, 1.82) is 0 Å². The van der Waals surface area contributed by atoms with Crippen molar-refractivity contribution in [3.8, 4) is 11.5 Å². The first-order valence-corrected chi connectivity index (χ1v) is 9.16.